The number of fused-ring (bicyclic) bond motifs is 4. The van der Waals surface area contributed by atoms with Crippen molar-refractivity contribution >= 4 is 29.0 Å². The number of likely N-dealkylation sites (N-methyl/N-ethyl adjacent to an activating group) is 1. The van der Waals surface area contributed by atoms with E-state index in [9.17, 15) is 47.4 Å². The number of carbonyl (C=O) groups excluding carboxylic acids is 5. The maximum Gasteiger partial charge on any atom is 0.417 e. The molecule has 1 aliphatic heterocycles. The first-order valence-electron chi connectivity index (χ1n) is 15.1. The van der Waals surface area contributed by atoms with Crippen molar-refractivity contribution in [1.82, 2.24) is 9.80 Å². The molecule has 4 N–H and O–H groups in total. The van der Waals surface area contributed by atoms with Gasteiger partial charge in [-0.3, -0.25) is 33.8 Å². The molecular weight excluding hydrogens is 583 g/mol. The van der Waals surface area contributed by atoms with Crippen LogP contribution in [0.1, 0.15) is 59.2 Å². The molecule has 1 heterocycles. The standard InChI is InChI=1S/C31H36F3N3O7/c1-36(2)24-18-8-15-7-17-21(25(39)20(15)27(41)30(18,44)28(42)22(26(24)40)29(35)43)19(38)9-16(23(17)31(32,33)34)12-37-10-13-5-3-4-6-14(13)11-37/h9,13-15,18,20,22,24,38,44H,3-8,10-12H2,1-2H3,(H2,35,43)/t13?,14?,15-,18-,20?,22?,24-,30-/m0/s1. The highest BCUT2D eigenvalue weighted by molar-refractivity contribution is 6.32. The summed E-state index contributed by atoms with van der Waals surface area (Å²) in [7, 11) is 2.88. The molecule has 1 aromatic carbocycles. The Kier molecular flexibility index (Phi) is 7.33. The summed E-state index contributed by atoms with van der Waals surface area (Å²) >= 11 is 0. The first-order valence-corrected chi connectivity index (χ1v) is 15.1. The molecule has 44 heavy (non-hydrogen) atoms. The third-order valence-corrected chi connectivity index (χ3v) is 10.9. The van der Waals surface area contributed by atoms with Gasteiger partial charge in [0.05, 0.1) is 23.1 Å². The lowest BCUT2D eigenvalue weighted by Gasteiger charge is -2.52. The number of ketones is 4. The summed E-state index contributed by atoms with van der Waals surface area (Å²) in [5.41, 5.74) is 0.128. The molecule has 5 aliphatic rings. The Labute approximate surface area is 251 Å². The minimum Gasteiger partial charge on any atom is -0.507 e. The maximum atomic E-state index is 14.8. The first kappa shape index (κ1) is 30.8. The predicted molar refractivity (Wildman–Crippen MR) is 147 cm³/mol. The topological polar surface area (TPSA) is 158 Å². The Hall–Kier alpha value is -3.16. The third-order valence-electron chi connectivity index (χ3n) is 10.9. The molecule has 1 aromatic rings. The van der Waals surface area contributed by atoms with Crippen LogP contribution in [0.5, 0.6) is 5.75 Å². The Morgan fingerprint density at radius 1 is 1.07 bits per heavy atom. The van der Waals surface area contributed by atoms with Gasteiger partial charge in [0.15, 0.2) is 34.7 Å². The van der Waals surface area contributed by atoms with Crippen molar-refractivity contribution in [2.24, 2.45) is 41.2 Å². The van der Waals surface area contributed by atoms with Gasteiger partial charge in [0.25, 0.3) is 0 Å². The number of rotatable bonds is 4. The number of nitrogens with two attached hydrogens (primary N) is 1. The second-order valence-electron chi connectivity index (χ2n) is 13.6. The Balaban J connectivity index is 1.42. The van der Waals surface area contributed by atoms with Crippen LogP contribution < -0.4 is 5.73 Å². The van der Waals surface area contributed by atoms with Crippen LogP contribution in [0.25, 0.3) is 0 Å². The molecule has 8 atom stereocenters. The van der Waals surface area contributed by atoms with Gasteiger partial charge in [-0.2, -0.15) is 13.2 Å². The quantitative estimate of drug-likeness (QED) is 0.425. The van der Waals surface area contributed by atoms with Gasteiger partial charge in [0, 0.05) is 25.6 Å². The summed E-state index contributed by atoms with van der Waals surface area (Å²) in [4.78, 5) is 69.8. The van der Waals surface area contributed by atoms with E-state index in [1.165, 1.54) is 19.0 Å². The van der Waals surface area contributed by atoms with Gasteiger partial charge in [-0.25, -0.2) is 0 Å². The molecule has 3 saturated carbocycles. The van der Waals surface area contributed by atoms with Crippen molar-refractivity contribution in [1.29, 1.82) is 0 Å². The monoisotopic (exact) mass is 619 g/mol. The molecule has 1 amide bonds. The number of aliphatic hydroxyl groups is 1. The molecule has 0 aromatic heterocycles. The highest BCUT2D eigenvalue weighted by Crippen LogP contribution is 2.53. The zero-order valence-corrected chi connectivity index (χ0v) is 24.5. The van der Waals surface area contributed by atoms with Gasteiger partial charge in [-0.1, -0.05) is 12.8 Å². The zero-order valence-electron chi connectivity index (χ0n) is 24.5. The summed E-state index contributed by atoms with van der Waals surface area (Å²) in [5, 5.41) is 22.7. The zero-order chi connectivity index (χ0) is 32.0. The molecular formula is C31H36F3N3O7. The van der Waals surface area contributed by atoms with Crippen LogP contribution in [0.4, 0.5) is 13.2 Å². The van der Waals surface area contributed by atoms with Crippen LogP contribution in [0, 0.1) is 35.5 Å². The number of phenols is 1. The van der Waals surface area contributed by atoms with E-state index < -0.39 is 99.4 Å². The van der Waals surface area contributed by atoms with Gasteiger partial charge in [0.2, 0.25) is 5.91 Å². The molecule has 1 saturated heterocycles. The van der Waals surface area contributed by atoms with E-state index in [2.05, 4.69) is 0 Å². The molecule has 4 unspecified atom stereocenters. The van der Waals surface area contributed by atoms with Crippen LogP contribution in [0.3, 0.4) is 0 Å². The average molecular weight is 620 g/mol. The second kappa shape index (κ2) is 10.4. The lowest BCUT2D eigenvalue weighted by molar-refractivity contribution is -0.181. The van der Waals surface area contributed by atoms with Gasteiger partial charge >= 0.3 is 6.18 Å². The molecule has 4 aliphatic carbocycles. The number of aromatic hydroxyl groups is 1. The van der Waals surface area contributed by atoms with Crippen molar-refractivity contribution in [2.45, 2.75) is 62.9 Å². The molecule has 6 rings (SSSR count). The number of benzene rings is 1. The van der Waals surface area contributed by atoms with E-state index >= 15 is 0 Å². The van der Waals surface area contributed by atoms with Crippen LogP contribution in [-0.2, 0) is 38.3 Å². The minimum absolute atomic E-state index is 0.0630. The van der Waals surface area contributed by atoms with Crippen LogP contribution in [0.2, 0.25) is 0 Å². The van der Waals surface area contributed by atoms with E-state index in [0.717, 1.165) is 31.7 Å². The summed E-state index contributed by atoms with van der Waals surface area (Å²) in [6, 6.07) is -0.389. The number of amides is 1. The largest absolute Gasteiger partial charge is 0.507 e. The summed E-state index contributed by atoms with van der Waals surface area (Å²) in [5.74, 6) is -12.4. The van der Waals surface area contributed by atoms with Crippen molar-refractivity contribution in [3.63, 3.8) is 0 Å². The molecule has 0 spiro atoms. The maximum absolute atomic E-state index is 14.8. The van der Waals surface area contributed by atoms with Crippen molar-refractivity contribution < 1.29 is 47.4 Å². The Morgan fingerprint density at radius 3 is 2.23 bits per heavy atom. The molecule has 0 bridgehead atoms. The molecule has 0 radical (unpaired) electrons. The van der Waals surface area contributed by atoms with E-state index in [0.29, 0.717) is 24.9 Å². The van der Waals surface area contributed by atoms with Crippen LogP contribution in [-0.4, -0.2) is 87.9 Å². The molecule has 4 fully saturated rings. The second-order valence-corrected chi connectivity index (χ2v) is 13.6. The summed E-state index contributed by atoms with van der Waals surface area (Å²) < 4.78 is 44.5. The number of halogens is 3. The van der Waals surface area contributed by atoms with E-state index in [4.69, 9.17) is 5.73 Å². The number of hydrogen-bond donors (Lipinski definition) is 3. The van der Waals surface area contributed by atoms with Crippen LogP contribution >= 0.6 is 0 Å². The number of carbonyl (C=O) groups is 5. The summed E-state index contributed by atoms with van der Waals surface area (Å²) in [6.45, 7) is 1.24. The fraction of sp³-hybridized carbons (Fsp3) is 0.645. The number of nitrogens with zero attached hydrogens (tertiary/aromatic N) is 2. The lowest BCUT2D eigenvalue weighted by atomic mass is 9.52. The normalized spacial score (nSPS) is 35.8. The van der Waals surface area contributed by atoms with E-state index in [-0.39, 0.29) is 18.5 Å². The van der Waals surface area contributed by atoms with E-state index in [1.54, 1.807) is 0 Å². The number of phenolic OH excluding ortho intramolecular Hbond substituents is 1. The molecule has 10 nitrogen and oxygen atoms in total. The van der Waals surface area contributed by atoms with Crippen molar-refractivity contribution in [2.75, 3.05) is 27.2 Å². The Morgan fingerprint density at radius 2 is 1.68 bits per heavy atom. The highest BCUT2D eigenvalue weighted by Gasteiger charge is 2.69. The predicted octanol–water partition coefficient (Wildman–Crippen LogP) is 1.51. The number of Topliss-reactive ketones (excluding diaryl/α,β-unsaturated/α-hetero) is 4. The first-order chi connectivity index (χ1) is 20.6. The number of primary amides is 1. The van der Waals surface area contributed by atoms with Crippen LogP contribution in [0.15, 0.2) is 6.07 Å². The van der Waals surface area contributed by atoms with Crippen molar-refractivity contribution in [3.8, 4) is 5.75 Å². The van der Waals surface area contributed by atoms with Gasteiger partial charge in [-0.05, 0) is 74.7 Å². The smallest absolute Gasteiger partial charge is 0.417 e. The highest BCUT2D eigenvalue weighted by atomic mass is 19.4. The fourth-order valence-corrected chi connectivity index (χ4v) is 9.10. The van der Waals surface area contributed by atoms with Crippen molar-refractivity contribution in [3.05, 3.63) is 28.3 Å². The Bertz CT molecular complexity index is 1460. The summed E-state index contributed by atoms with van der Waals surface area (Å²) in [6.07, 6.45) is -1.39. The number of likely N-dealkylation sites (tertiary alicyclic amines) is 1. The number of alkyl halides is 3. The fourth-order valence-electron chi connectivity index (χ4n) is 9.10. The molecule has 238 valence electrons. The third kappa shape index (κ3) is 4.45. The minimum atomic E-state index is -4.89. The molecule has 13 heteroatoms. The van der Waals surface area contributed by atoms with E-state index in [1.807, 2.05) is 4.90 Å². The SMILES string of the molecule is CN(C)[C@@H]1C(=O)C(C(N)=O)C(=O)[C@@]2(O)C(=O)C3C(=O)c4c(O)cc(CN5CC6CCCCC6C5)c(C(F)(F)F)c4C[C@H]3C[C@@H]12. The van der Waals surface area contributed by atoms with Gasteiger partial charge in [-0.15, -0.1) is 0 Å². The average Bonchev–Trinajstić information content (AvgIpc) is 3.31. The van der Waals surface area contributed by atoms with Gasteiger partial charge < -0.3 is 15.9 Å². The lowest BCUT2D eigenvalue weighted by Crippen LogP contribution is -2.74. The number of hydrogen-bond acceptors (Lipinski definition) is 9. The van der Waals surface area contributed by atoms with Gasteiger partial charge in [0.1, 0.15) is 5.75 Å².